The molecule has 114 valence electrons. The van der Waals surface area contributed by atoms with E-state index in [9.17, 15) is 14.4 Å². The molecule has 0 fully saturated rings. The summed E-state index contributed by atoms with van der Waals surface area (Å²) in [5.41, 5.74) is 0.396. The fourth-order valence-corrected chi connectivity index (χ4v) is 1.77. The van der Waals surface area contributed by atoms with Gasteiger partial charge in [0.2, 0.25) is 5.91 Å². The van der Waals surface area contributed by atoms with E-state index in [4.69, 9.17) is 16.7 Å². The summed E-state index contributed by atoms with van der Waals surface area (Å²) in [5.74, 6) is -1.72. The van der Waals surface area contributed by atoms with Crippen molar-refractivity contribution in [2.24, 2.45) is 0 Å². The lowest BCUT2D eigenvalue weighted by molar-refractivity contribution is -0.138. The number of likely N-dealkylation sites (N-methyl/N-ethyl adjacent to an activating group) is 1. The van der Waals surface area contributed by atoms with Gasteiger partial charge in [0.25, 0.3) is 5.91 Å². The number of nitrogens with one attached hydrogen (secondary N) is 1. The number of carboxylic acid groups (broad SMARTS) is 1. The van der Waals surface area contributed by atoms with Crippen LogP contribution in [0, 0.1) is 0 Å². The van der Waals surface area contributed by atoms with Crippen LogP contribution in [0.15, 0.2) is 24.3 Å². The van der Waals surface area contributed by atoms with Gasteiger partial charge in [0, 0.05) is 24.2 Å². The molecule has 21 heavy (non-hydrogen) atoms. The van der Waals surface area contributed by atoms with Crippen molar-refractivity contribution in [3.05, 3.63) is 34.9 Å². The molecule has 0 radical (unpaired) electrons. The molecule has 0 aliphatic carbocycles. The van der Waals surface area contributed by atoms with E-state index in [1.165, 1.54) is 11.9 Å². The molecule has 0 aliphatic rings. The first-order chi connectivity index (χ1) is 9.81. The highest BCUT2D eigenvalue weighted by molar-refractivity contribution is 6.30. The van der Waals surface area contributed by atoms with Crippen molar-refractivity contribution in [1.82, 2.24) is 10.2 Å². The Morgan fingerprint density at radius 1 is 1.29 bits per heavy atom. The Kier molecular flexibility index (Phi) is 6.17. The summed E-state index contributed by atoms with van der Waals surface area (Å²) in [7, 11) is 1.50. The summed E-state index contributed by atoms with van der Waals surface area (Å²) in [4.78, 5) is 35.7. The third-order valence-electron chi connectivity index (χ3n) is 2.86. The van der Waals surface area contributed by atoms with E-state index < -0.39 is 12.0 Å². The molecule has 0 saturated carbocycles. The number of amides is 2. The number of hydrogen-bond acceptors (Lipinski definition) is 3. The highest BCUT2D eigenvalue weighted by Gasteiger charge is 2.20. The highest BCUT2D eigenvalue weighted by Crippen LogP contribution is 2.09. The molecule has 1 aromatic rings. The van der Waals surface area contributed by atoms with Crippen molar-refractivity contribution in [3.63, 3.8) is 0 Å². The van der Waals surface area contributed by atoms with Crippen LogP contribution >= 0.6 is 11.6 Å². The lowest BCUT2D eigenvalue weighted by Crippen LogP contribution is -2.46. The monoisotopic (exact) mass is 312 g/mol. The lowest BCUT2D eigenvalue weighted by Gasteiger charge is -2.21. The molecule has 0 saturated heterocycles. The Hall–Kier alpha value is -2.08. The molecule has 0 aliphatic heterocycles. The van der Waals surface area contributed by atoms with Crippen LogP contribution in [0.1, 0.15) is 23.7 Å². The third-order valence-corrected chi connectivity index (χ3v) is 3.11. The van der Waals surface area contributed by atoms with Crippen LogP contribution in [0.25, 0.3) is 0 Å². The van der Waals surface area contributed by atoms with Crippen molar-refractivity contribution in [2.45, 2.75) is 19.4 Å². The number of benzene rings is 1. The van der Waals surface area contributed by atoms with Crippen molar-refractivity contribution in [3.8, 4) is 0 Å². The van der Waals surface area contributed by atoms with Gasteiger partial charge >= 0.3 is 5.97 Å². The van der Waals surface area contributed by atoms with E-state index in [1.54, 1.807) is 31.2 Å². The summed E-state index contributed by atoms with van der Waals surface area (Å²) in [5, 5.41) is 11.7. The average Bonchev–Trinajstić information content (AvgIpc) is 2.44. The maximum Gasteiger partial charge on any atom is 0.305 e. The van der Waals surface area contributed by atoms with Crippen LogP contribution in [0.2, 0.25) is 5.02 Å². The first-order valence-corrected chi connectivity index (χ1v) is 6.72. The molecule has 2 amide bonds. The van der Waals surface area contributed by atoms with Crippen LogP contribution in [0.3, 0.4) is 0 Å². The van der Waals surface area contributed by atoms with E-state index in [1.807, 2.05) is 0 Å². The van der Waals surface area contributed by atoms with Gasteiger partial charge in [-0.15, -0.1) is 0 Å². The van der Waals surface area contributed by atoms with E-state index in [-0.39, 0.29) is 24.8 Å². The second-order valence-electron chi connectivity index (χ2n) is 4.61. The number of carboxylic acids is 1. The minimum Gasteiger partial charge on any atom is -0.481 e. The Morgan fingerprint density at radius 3 is 2.38 bits per heavy atom. The van der Waals surface area contributed by atoms with Gasteiger partial charge in [-0.2, -0.15) is 0 Å². The van der Waals surface area contributed by atoms with Gasteiger partial charge in [-0.25, -0.2) is 0 Å². The molecule has 1 rings (SSSR count). The molecule has 0 bridgehead atoms. The summed E-state index contributed by atoms with van der Waals surface area (Å²) < 4.78 is 0. The quantitative estimate of drug-likeness (QED) is 0.831. The topological polar surface area (TPSA) is 86.7 Å². The molecule has 1 unspecified atom stereocenters. The predicted octanol–water partition coefficient (Wildman–Crippen LogP) is 1.39. The van der Waals surface area contributed by atoms with Gasteiger partial charge in [-0.3, -0.25) is 14.4 Å². The van der Waals surface area contributed by atoms with E-state index in [0.29, 0.717) is 10.6 Å². The molecular weight excluding hydrogens is 296 g/mol. The van der Waals surface area contributed by atoms with E-state index in [0.717, 1.165) is 0 Å². The van der Waals surface area contributed by atoms with Crippen LogP contribution in [0.4, 0.5) is 0 Å². The average molecular weight is 313 g/mol. The fraction of sp³-hybridized carbons (Fsp3) is 0.357. The van der Waals surface area contributed by atoms with Crippen molar-refractivity contribution < 1.29 is 19.5 Å². The van der Waals surface area contributed by atoms with Crippen LogP contribution in [-0.4, -0.2) is 47.4 Å². The fourth-order valence-electron chi connectivity index (χ4n) is 1.65. The number of carbonyl (C=O) groups is 3. The summed E-state index contributed by atoms with van der Waals surface area (Å²) in [6.07, 6.45) is -0.139. The highest BCUT2D eigenvalue weighted by atomic mass is 35.5. The Balaban J connectivity index is 2.57. The van der Waals surface area contributed by atoms with Crippen molar-refractivity contribution in [1.29, 1.82) is 0 Å². The van der Waals surface area contributed by atoms with Crippen LogP contribution in [-0.2, 0) is 9.59 Å². The van der Waals surface area contributed by atoms with Gasteiger partial charge in [-0.1, -0.05) is 11.6 Å². The molecule has 2 N–H and O–H groups in total. The second-order valence-corrected chi connectivity index (χ2v) is 5.04. The van der Waals surface area contributed by atoms with Gasteiger partial charge in [0.15, 0.2) is 0 Å². The van der Waals surface area contributed by atoms with Crippen molar-refractivity contribution >= 4 is 29.4 Å². The number of rotatable bonds is 6. The Morgan fingerprint density at radius 2 is 1.86 bits per heavy atom. The molecule has 1 aromatic carbocycles. The minimum absolute atomic E-state index is 0.0926. The van der Waals surface area contributed by atoms with Crippen molar-refractivity contribution in [2.75, 3.05) is 13.6 Å². The van der Waals surface area contributed by atoms with Gasteiger partial charge in [0.05, 0.1) is 6.42 Å². The number of hydrogen-bond donors (Lipinski definition) is 2. The molecule has 1 atom stereocenters. The minimum atomic E-state index is -0.979. The third kappa shape index (κ3) is 5.43. The van der Waals surface area contributed by atoms with Gasteiger partial charge in [0.1, 0.15) is 6.04 Å². The smallest absolute Gasteiger partial charge is 0.305 e. The van der Waals surface area contributed by atoms with Crippen LogP contribution in [0.5, 0.6) is 0 Å². The molecule has 6 nitrogen and oxygen atoms in total. The van der Waals surface area contributed by atoms with Gasteiger partial charge in [-0.05, 0) is 31.2 Å². The molecule has 0 aromatic heterocycles. The summed E-state index contributed by atoms with van der Waals surface area (Å²) in [6, 6.07) is 5.54. The zero-order valence-corrected chi connectivity index (χ0v) is 12.6. The van der Waals surface area contributed by atoms with Crippen LogP contribution < -0.4 is 5.32 Å². The molecule has 0 heterocycles. The first-order valence-electron chi connectivity index (χ1n) is 6.34. The lowest BCUT2D eigenvalue weighted by atomic mass is 10.2. The number of nitrogens with zero attached hydrogens (tertiary/aromatic N) is 1. The maximum atomic E-state index is 12.0. The van der Waals surface area contributed by atoms with E-state index >= 15 is 0 Å². The number of halogens is 1. The maximum absolute atomic E-state index is 12.0. The predicted molar refractivity (Wildman–Crippen MR) is 78.3 cm³/mol. The molecular formula is C14H17ClN2O4. The molecule has 0 spiro atoms. The summed E-state index contributed by atoms with van der Waals surface area (Å²) >= 11 is 5.73. The standard InChI is InChI=1S/C14H17ClN2O4/c1-9(14(21)17(2)8-7-12(18)19)16-13(20)10-3-5-11(15)6-4-10/h3-6,9H,7-8H2,1-2H3,(H,16,20)(H,18,19). The Labute approximate surface area is 127 Å². The normalized spacial score (nSPS) is 11.6. The summed E-state index contributed by atoms with van der Waals surface area (Å²) in [6.45, 7) is 1.64. The zero-order chi connectivity index (χ0) is 16.0. The largest absolute Gasteiger partial charge is 0.481 e. The zero-order valence-electron chi connectivity index (χ0n) is 11.8. The SMILES string of the molecule is CC(NC(=O)c1ccc(Cl)cc1)C(=O)N(C)CCC(=O)O. The van der Waals surface area contributed by atoms with E-state index in [2.05, 4.69) is 5.32 Å². The Bertz CT molecular complexity index is 530. The first kappa shape index (κ1) is 17.0. The number of aliphatic carboxylic acids is 1. The second kappa shape index (κ2) is 7.64. The molecule has 7 heteroatoms. The van der Waals surface area contributed by atoms with Gasteiger partial charge < -0.3 is 15.3 Å². The number of carbonyl (C=O) groups excluding carboxylic acids is 2.